The third-order valence-corrected chi connectivity index (χ3v) is 4.12. The number of rotatable bonds is 4. The molecule has 0 spiro atoms. The highest BCUT2D eigenvalue weighted by atomic mass is 19.1. The van der Waals surface area contributed by atoms with Crippen LogP contribution in [0.15, 0.2) is 24.3 Å². The fourth-order valence-corrected chi connectivity index (χ4v) is 3.04. The minimum Gasteiger partial charge on any atom is -0.444 e. The lowest BCUT2D eigenvalue weighted by atomic mass is 9.96. The van der Waals surface area contributed by atoms with E-state index in [4.69, 9.17) is 10.5 Å². The second kappa shape index (κ2) is 7.49. The van der Waals surface area contributed by atoms with Crippen LogP contribution >= 0.6 is 0 Å². The largest absolute Gasteiger partial charge is 0.444 e. The van der Waals surface area contributed by atoms with Crippen molar-refractivity contribution in [1.29, 1.82) is 0 Å². The fraction of sp³-hybridized carbons (Fsp3) is 0.611. The summed E-state index contributed by atoms with van der Waals surface area (Å²) in [4.78, 5) is 13.9. The van der Waals surface area contributed by atoms with E-state index in [1.165, 1.54) is 12.1 Å². The third kappa shape index (κ3) is 4.92. The summed E-state index contributed by atoms with van der Waals surface area (Å²) in [6.07, 6.45) is 0.507. The fourth-order valence-electron chi connectivity index (χ4n) is 3.04. The molecule has 1 saturated heterocycles. The van der Waals surface area contributed by atoms with Gasteiger partial charge in [0.25, 0.3) is 0 Å². The zero-order valence-electron chi connectivity index (χ0n) is 14.5. The Morgan fingerprint density at radius 2 is 2.21 bits per heavy atom. The number of carbonyl (C=O) groups is 1. The van der Waals surface area contributed by atoms with Crippen LogP contribution in [-0.4, -0.2) is 46.4 Å². The van der Waals surface area contributed by atoms with Gasteiger partial charge in [-0.05, 0) is 57.7 Å². The summed E-state index contributed by atoms with van der Waals surface area (Å²) in [5.74, 6) is -0.328. The second-order valence-electron chi connectivity index (χ2n) is 7.37. The van der Waals surface area contributed by atoms with Gasteiger partial charge in [-0.25, -0.2) is 9.18 Å². The van der Waals surface area contributed by atoms with Gasteiger partial charge in [0, 0.05) is 12.6 Å². The van der Waals surface area contributed by atoms with Crippen molar-refractivity contribution in [2.75, 3.05) is 6.54 Å². The van der Waals surface area contributed by atoms with Crippen molar-refractivity contribution < 1.29 is 19.0 Å². The van der Waals surface area contributed by atoms with E-state index >= 15 is 0 Å². The molecule has 0 aliphatic carbocycles. The highest BCUT2D eigenvalue weighted by Crippen LogP contribution is 2.25. The standard InChI is InChI=1S/C18H27FN2O3/c1-18(2,3)24-17(23)21-9-5-8-15(21)16(22)14(20)11-12-6-4-7-13(19)10-12/h4,6-7,10,14-16,22H,5,8-9,11,20H2,1-3H3/t14-,15+,16-/m0/s1. The van der Waals surface area contributed by atoms with Gasteiger partial charge in [0.15, 0.2) is 0 Å². The highest BCUT2D eigenvalue weighted by molar-refractivity contribution is 5.69. The Hall–Kier alpha value is -1.66. The van der Waals surface area contributed by atoms with Crippen LogP contribution in [0.4, 0.5) is 9.18 Å². The van der Waals surface area contributed by atoms with Crippen LogP contribution < -0.4 is 5.73 Å². The van der Waals surface area contributed by atoms with E-state index in [1.54, 1.807) is 17.0 Å². The molecule has 6 heteroatoms. The maximum Gasteiger partial charge on any atom is 0.410 e. The molecule has 5 nitrogen and oxygen atoms in total. The minimum absolute atomic E-state index is 0.328. The topological polar surface area (TPSA) is 75.8 Å². The van der Waals surface area contributed by atoms with Gasteiger partial charge in [-0.15, -0.1) is 0 Å². The molecule has 1 fully saturated rings. The SMILES string of the molecule is CC(C)(C)OC(=O)N1CCC[C@@H]1[C@@H](O)[C@@H](N)Cc1cccc(F)c1. The molecule has 0 saturated carbocycles. The van der Waals surface area contributed by atoms with E-state index in [0.29, 0.717) is 19.4 Å². The van der Waals surface area contributed by atoms with Gasteiger partial charge in [0.2, 0.25) is 0 Å². The van der Waals surface area contributed by atoms with Crippen molar-refractivity contribution in [2.45, 2.75) is 63.8 Å². The highest BCUT2D eigenvalue weighted by Gasteiger charge is 2.38. The molecule has 3 atom stereocenters. The number of carbonyl (C=O) groups excluding carboxylic acids is 1. The minimum atomic E-state index is -0.886. The number of halogens is 1. The Kier molecular flexibility index (Phi) is 5.83. The summed E-state index contributed by atoms with van der Waals surface area (Å²) in [5, 5.41) is 10.6. The van der Waals surface area contributed by atoms with E-state index in [-0.39, 0.29) is 11.9 Å². The number of hydrogen-bond acceptors (Lipinski definition) is 4. The zero-order valence-corrected chi connectivity index (χ0v) is 14.5. The molecule has 134 valence electrons. The van der Waals surface area contributed by atoms with Crippen molar-refractivity contribution in [1.82, 2.24) is 4.90 Å². The number of ether oxygens (including phenoxy) is 1. The molecule has 0 bridgehead atoms. The number of aliphatic hydroxyl groups is 1. The quantitative estimate of drug-likeness (QED) is 0.884. The van der Waals surface area contributed by atoms with Gasteiger partial charge in [0.1, 0.15) is 11.4 Å². The molecule has 1 aromatic rings. The Morgan fingerprint density at radius 1 is 1.50 bits per heavy atom. The average molecular weight is 338 g/mol. The molecule has 0 radical (unpaired) electrons. The Balaban J connectivity index is 2.01. The van der Waals surface area contributed by atoms with Gasteiger partial charge < -0.3 is 20.5 Å². The predicted octanol–water partition coefficient (Wildman–Crippen LogP) is 2.46. The summed E-state index contributed by atoms with van der Waals surface area (Å²) in [7, 11) is 0. The van der Waals surface area contributed by atoms with Gasteiger partial charge in [-0.1, -0.05) is 12.1 Å². The molecular weight excluding hydrogens is 311 g/mol. The monoisotopic (exact) mass is 338 g/mol. The van der Waals surface area contributed by atoms with Gasteiger partial charge in [0.05, 0.1) is 12.1 Å². The smallest absolute Gasteiger partial charge is 0.410 e. The molecule has 2 rings (SSSR count). The summed E-state index contributed by atoms with van der Waals surface area (Å²) in [6.45, 7) is 5.97. The second-order valence-corrected chi connectivity index (χ2v) is 7.37. The van der Waals surface area contributed by atoms with Crippen molar-refractivity contribution in [3.8, 4) is 0 Å². The van der Waals surface area contributed by atoms with Crippen LogP contribution in [0.5, 0.6) is 0 Å². The molecule has 3 N–H and O–H groups in total. The zero-order chi connectivity index (χ0) is 17.9. The van der Waals surface area contributed by atoms with Crippen LogP contribution in [-0.2, 0) is 11.2 Å². The van der Waals surface area contributed by atoms with E-state index in [2.05, 4.69) is 0 Å². The van der Waals surface area contributed by atoms with Crippen LogP contribution in [0, 0.1) is 5.82 Å². The van der Waals surface area contributed by atoms with Gasteiger partial charge in [-0.3, -0.25) is 0 Å². The number of likely N-dealkylation sites (tertiary alicyclic amines) is 1. The Labute approximate surface area is 142 Å². The molecule has 0 aromatic heterocycles. The first-order valence-electron chi connectivity index (χ1n) is 8.35. The van der Waals surface area contributed by atoms with Crippen LogP contribution in [0.2, 0.25) is 0 Å². The first kappa shape index (κ1) is 18.7. The molecule has 1 aromatic carbocycles. The summed E-state index contributed by atoms with van der Waals surface area (Å²) in [6, 6.07) is 5.21. The molecule has 1 aliphatic rings. The average Bonchev–Trinajstić information content (AvgIpc) is 2.94. The van der Waals surface area contributed by atoms with E-state index in [1.807, 2.05) is 20.8 Å². The number of benzene rings is 1. The van der Waals surface area contributed by atoms with Gasteiger partial charge >= 0.3 is 6.09 Å². The number of aliphatic hydroxyl groups excluding tert-OH is 1. The summed E-state index contributed by atoms with van der Waals surface area (Å²) < 4.78 is 18.7. The van der Waals surface area contributed by atoms with Crippen LogP contribution in [0.25, 0.3) is 0 Å². The summed E-state index contributed by atoms with van der Waals surface area (Å²) in [5.41, 5.74) is 6.26. The summed E-state index contributed by atoms with van der Waals surface area (Å²) >= 11 is 0. The number of hydrogen-bond donors (Lipinski definition) is 2. The van der Waals surface area contributed by atoms with Crippen molar-refractivity contribution >= 4 is 6.09 Å². The molecule has 0 unspecified atom stereocenters. The maximum atomic E-state index is 13.3. The van der Waals surface area contributed by atoms with Crippen LogP contribution in [0.3, 0.4) is 0 Å². The Bertz CT molecular complexity index is 574. The molecule has 24 heavy (non-hydrogen) atoms. The number of nitrogens with two attached hydrogens (primary N) is 1. The van der Waals surface area contributed by atoms with Crippen molar-refractivity contribution in [3.63, 3.8) is 0 Å². The predicted molar refractivity (Wildman–Crippen MR) is 90.0 cm³/mol. The first-order chi connectivity index (χ1) is 11.2. The molecule has 1 heterocycles. The van der Waals surface area contributed by atoms with Gasteiger partial charge in [-0.2, -0.15) is 0 Å². The lowest BCUT2D eigenvalue weighted by Gasteiger charge is -2.33. The van der Waals surface area contributed by atoms with E-state index < -0.39 is 23.8 Å². The molecular formula is C18H27FN2O3. The lowest BCUT2D eigenvalue weighted by molar-refractivity contribution is 0.000867. The first-order valence-corrected chi connectivity index (χ1v) is 8.35. The Morgan fingerprint density at radius 3 is 2.83 bits per heavy atom. The third-order valence-electron chi connectivity index (χ3n) is 4.12. The maximum absolute atomic E-state index is 13.3. The van der Waals surface area contributed by atoms with Crippen molar-refractivity contribution in [2.24, 2.45) is 5.73 Å². The van der Waals surface area contributed by atoms with Crippen LogP contribution in [0.1, 0.15) is 39.2 Å². The molecule has 1 amide bonds. The lowest BCUT2D eigenvalue weighted by Crippen LogP contribution is -2.52. The van der Waals surface area contributed by atoms with E-state index in [9.17, 15) is 14.3 Å². The van der Waals surface area contributed by atoms with E-state index in [0.717, 1.165) is 12.0 Å². The van der Waals surface area contributed by atoms with Crippen molar-refractivity contribution in [3.05, 3.63) is 35.6 Å². The normalized spacial score (nSPS) is 20.8. The molecule has 1 aliphatic heterocycles. The number of nitrogens with zero attached hydrogens (tertiary/aromatic N) is 1. The number of amides is 1.